The van der Waals surface area contributed by atoms with Gasteiger partial charge >= 0.3 is 0 Å². The van der Waals surface area contributed by atoms with E-state index in [-0.39, 0.29) is 22.9 Å². The van der Waals surface area contributed by atoms with Gasteiger partial charge in [-0.25, -0.2) is 9.37 Å². The summed E-state index contributed by atoms with van der Waals surface area (Å²) in [6.07, 6.45) is 1.12. The molecule has 0 aliphatic carbocycles. The van der Waals surface area contributed by atoms with Gasteiger partial charge in [-0.3, -0.25) is 4.79 Å². The Labute approximate surface area is 100 Å². The van der Waals surface area contributed by atoms with Crippen LogP contribution in [-0.2, 0) is 0 Å². The lowest BCUT2D eigenvalue weighted by molar-refractivity contribution is 0.458. The van der Waals surface area contributed by atoms with Gasteiger partial charge in [-0.15, -0.1) is 0 Å². The van der Waals surface area contributed by atoms with Gasteiger partial charge in [0.05, 0.1) is 11.9 Å². The summed E-state index contributed by atoms with van der Waals surface area (Å²) in [5, 5.41) is 8.57. The van der Waals surface area contributed by atoms with Gasteiger partial charge in [0.25, 0.3) is 5.56 Å². The van der Waals surface area contributed by atoms with E-state index < -0.39 is 11.4 Å². The summed E-state index contributed by atoms with van der Waals surface area (Å²) in [5.41, 5.74) is 4.59. The molecule has 0 bridgehead atoms. The molecule has 90 valence electrons. The minimum Gasteiger partial charge on any atom is -0.437 e. The van der Waals surface area contributed by atoms with Crippen LogP contribution < -0.4 is 16.0 Å². The van der Waals surface area contributed by atoms with E-state index >= 15 is 0 Å². The highest BCUT2D eigenvalue weighted by atomic mass is 19.1. The van der Waals surface area contributed by atoms with Crippen LogP contribution in [0.3, 0.4) is 0 Å². The second kappa shape index (κ2) is 4.55. The fourth-order valence-electron chi connectivity index (χ4n) is 1.24. The van der Waals surface area contributed by atoms with Gasteiger partial charge in [-0.05, 0) is 12.1 Å². The number of hydrogen-bond acceptors (Lipinski definition) is 5. The summed E-state index contributed by atoms with van der Waals surface area (Å²) in [4.78, 5) is 17.2. The summed E-state index contributed by atoms with van der Waals surface area (Å²) in [7, 11) is 0. The van der Waals surface area contributed by atoms with Gasteiger partial charge in [0, 0.05) is 6.07 Å². The van der Waals surface area contributed by atoms with Crippen molar-refractivity contribution in [3.63, 3.8) is 0 Å². The molecule has 0 aliphatic rings. The fraction of sp³-hybridized carbons (Fsp3) is 0. The molecule has 7 heteroatoms. The van der Waals surface area contributed by atoms with Crippen molar-refractivity contribution in [3.8, 4) is 17.7 Å². The maximum Gasteiger partial charge on any atom is 0.277 e. The van der Waals surface area contributed by atoms with E-state index in [0.717, 1.165) is 12.4 Å². The number of ether oxygens (including phenoxy) is 1. The number of nitrogens with one attached hydrogen (secondary N) is 1. The lowest BCUT2D eigenvalue weighted by Crippen LogP contribution is -2.13. The maximum absolute atomic E-state index is 13.3. The quantitative estimate of drug-likeness (QED) is 0.827. The van der Waals surface area contributed by atoms with Crippen molar-refractivity contribution in [2.75, 3.05) is 5.73 Å². The van der Waals surface area contributed by atoms with Crippen LogP contribution in [0.15, 0.2) is 29.3 Å². The van der Waals surface area contributed by atoms with Crippen molar-refractivity contribution < 1.29 is 9.13 Å². The number of nitrogens with zero attached hydrogens (tertiary/aromatic N) is 2. The Morgan fingerprint density at radius 1 is 1.50 bits per heavy atom. The van der Waals surface area contributed by atoms with Gasteiger partial charge < -0.3 is 15.5 Å². The van der Waals surface area contributed by atoms with Crippen molar-refractivity contribution >= 4 is 5.69 Å². The number of nitrogen functional groups attached to an aromatic ring is 1. The first-order chi connectivity index (χ1) is 8.61. The van der Waals surface area contributed by atoms with Crippen LogP contribution in [-0.4, -0.2) is 9.97 Å². The van der Waals surface area contributed by atoms with Crippen LogP contribution in [0.4, 0.5) is 10.1 Å². The Balaban J connectivity index is 2.35. The molecule has 1 heterocycles. The molecular weight excluding hydrogens is 239 g/mol. The Kier molecular flexibility index (Phi) is 2.93. The predicted octanol–water partition coefficient (Wildman–Crippen LogP) is 1.16. The van der Waals surface area contributed by atoms with Gasteiger partial charge in [0.15, 0.2) is 5.69 Å². The van der Waals surface area contributed by atoms with Gasteiger partial charge in [0.2, 0.25) is 5.88 Å². The van der Waals surface area contributed by atoms with E-state index in [4.69, 9.17) is 15.7 Å². The zero-order valence-corrected chi connectivity index (χ0v) is 8.98. The second-order valence-corrected chi connectivity index (χ2v) is 3.31. The molecule has 18 heavy (non-hydrogen) atoms. The lowest BCUT2D eigenvalue weighted by Gasteiger charge is -2.06. The largest absolute Gasteiger partial charge is 0.437 e. The number of hydrogen-bond donors (Lipinski definition) is 2. The zero-order chi connectivity index (χ0) is 13.1. The summed E-state index contributed by atoms with van der Waals surface area (Å²) in [5.74, 6) is -0.752. The highest BCUT2D eigenvalue weighted by Crippen LogP contribution is 2.23. The number of rotatable bonds is 2. The topological polar surface area (TPSA) is 105 Å². The Bertz CT molecular complexity index is 690. The molecule has 0 fully saturated rings. The molecule has 0 spiro atoms. The van der Waals surface area contributed by atoms with E-state index in [1.807, 2.05) is 0 Å². The average molecular weight is 246 g/mol. The molecule has 2 aromatic rings. The van der Waals surface area contributed by atoms with Gasteiger partial charge in [-0.2, -0.15) is 5.26 Å². The molecule has 0 unspecified atom stereocenters. The molecule has 1 aromatic carbocycles. The van der Waals surface area contributed by atoms with E-state index in [2.05, 4.69) is 9.97 Å². The SMILES string of the molecule is N#Cc1ccc(Oc2nc[nH]c(=O)c2N)cc1F. The molecule has 3 N–H and O–H groups in total. The van der Waals surface area contributed by atoms with Crippen LogP contribution >= 0.6 is 0 Å². The zero-order valence-electron chi connectivity index (χ0n) is 8.98. The van der Waals surface area contributed by atoms with Crippen molar-refractivity contribution in [1.82, 2.24) is 9.97 Å². The minimum absolute atomic E-state index is 0.0938. The molecule has 2 rings (SSSR count). The molecule has 6 nitrogen and oxygen atoms in total. The minimum atomic E-state index is -0.724. The molecular formula is C11H7FN4O2. The number of nitriles is 1. The number of aromatic nitrogens is 2. The predicted molar refractivity (Wildman–Crippen MR) is 60.5 cm³/mol. The third-order valence-corrected chi connectivity index (χ3v) is 2.13. The van der Waals surface area contributed by atoms with Crippen molar-refractivity contribution in [2.45, 2.75) is 0 Å². The second-order valence-electron chi connectivity index (χ2n) is 3.31. The van der Waals surface area contributed by atoms with E-state index in [1.165, 1.54) is 12.1 Å². The fourth-order valence-corrected chi connectivity index (χ4v) is 1.24. The van der Waals surface area contributed by atoms with E-state index in [9.17, 15) is 9.18 Å². The lowest BCUT2D eigenvalue weighted by atomic mass is 10.2. The van der Waals surface area contributed by atoms with Gasteiger partial charge in [0.1, 0.15) is 17.6 Å². The Morgan fingerprint density at radius 3 is 2.94 bits per heavy atom. The molecule has 0 amide bonds. The number of halogens is 1. The highest BCUT2D eigenvalue weighted by molar-refractivity contribution is 5.47. The maximum atomic E-state index is 13.3. The molecule has 0 saturated heterocycles. The first kappa shape index (κ1) is 11.6. The molecule has 0 aliphatic heterocycles. The first-order valence-electron chi connectivity index (χ1n) is 4.82. The van der Waals surface area contributed by atoms with E-state index in [1.54, 1.807) is 6.07 Å². The summed E-state index contributed by atoms with van der Waals surface area (Å²) in [6, 6.07) is 5.33. The van der Waals surface area contributed by atoms with Gasteiger partial charge in [-0.1, -0.05) is 0 Å². The van der Waals surface area contributed by atoms with Crippen LogP contribution in [0.2, 0.25) is 0 Å². The summed E-state index contributed by atoms with van der Waals surface area (Å²) < 4.78 is 18.5. The summed E-state index contributed by atoms with van der Waals surface area (Å²) in [6.45, 7) is 0. The van der Waals surface area contributed by atoms with Crippen LogP contribution in [0.25, 0.3) is 0 Å². The van der Waals surface area contributed by atoms with Crippen LogP contribution in [0.5, 0.6) is 11.6 Å². The summed E-state index contributed by atoms with van der Waals surface area (Å²) >= 11 is 0. The molecule has 0 saturated carbocycles. The van der Waals surface area contributed by atoms with Crippen molar-refractivity contribution in [2.24, 2.45) is 0 Å². The van der Waals surface area contributed by atoms with Crippen molar-refractivity contribution in [1.29, 1.82) is 5.26 Å². The Morgan fingerprint density at radius 2 is 2.28 bits per heavy atom. The third kappa shape index (κ3) is 2.12. The number of benzene rings is 1. The first-order valence-corrected chi connectivity index (χ1v) is 4.82. The van der Waals surface area contributed by atoms with Crippen LogP contribution in [0.1, 0.15) is 5.56 Å². The number of aromatic amines is 1. The smallest absolute Gasteiger partial charge is 0.277 e. The number of H-pyrrole nitrogens is 1. The highest BCUT2D eigenvalue weighted by Gasteiger charge is 2.09. The molecule has 0 radical (unpaired) electrons. The number of anilines is 1. The Hall–Kier alpha value is -2.88. The third-order valence-electron chi connectivity index (χ3n) is 2.13. The average Bonchev–Trinajstić information content (AvgIpc) is 2.35. The molecule has 0 atom stereocenters. The van der Waals surface area contributed by atoms with Crippen LogP contribution in [0, 0.1) is 17.1 Å². The normalized spacial score (nSPS) is 9.78. The van der Waals surface area contributed by atoms with E-state index in [0.29, 0.717) is 0 Å². The monoisotopic (exact) mass is 246 g/mol. The molecule has 1 aromatic heterocycles. The van der Waals surface area contributed by atoms with Crippen molar-refractivity contribution in [3.05, 3.63) is 46.3 Å². The number of nitrogens with two attached hydrogens (primary N) is 1. The standard InChI is InChI=1S/C11H7FN4O2/c12-8-3-7(2-1-6(8)4-13)18-11-9(14)10(17)15-5-16-11/h1-3,5H,14H2,(H,15,16,17).